The molecule has 7 heteroatoms. The number of nitrogens with two attached hydrogens (primary N) is 1. The van der Waals surface area contributed by atoms with Crippen molar-refractivity contribution in [2.24, 2.45) is 0 Å². The van der Waals surface area contributed by atoms with Crippen LogP contribution in [-0.2, 0) is 6.54 Å². The molecule has 0 fully saturated rings. The van der Waals surface area contributed by atoms with Crippen molar-refractivity contribution in [3.8, 4) is 0 Å². The van der Waals surface area contributed by atoms with Crippen LogP contribution in [0.3, 0.4) is 0 Å². The molecule has 0 aliphatic rings. The second-order valence-corrected chi connectivity index (χ2v) is 5.27. The van der Waals surface area contributed by atoms with Crippen molar-refractivity contribution in [3.05, 3.63) is 45.2 Å². The molecule has 2 aromatic rings. The van der Waals surface area contributed by atoms with Crippen LogP contribution in [0.2, 0.25) is 5.02 Å². The molecule has 0 saturated heterocycles. The smallest absolute Gasteiger partial charge is 0.263 e. The minimum atomic E-state index is -0.508. The topological polar surface area (TPSA) is 68.0 Å². The summed E-state index contributed by atoms with van der Waals surface area (Å²) in [5, 5.41) is 3.02. The van der Waals surface area contributed by atoms with Crippen molar-refractivity contribution >= 4 is 34.0 Å². The summed E-state index contributed by atoms with van der Waals surface area (Å²) in [7, 11) is 0. The molecule has 0 aliphatic carbocycles. The number of nitrogen functional groups attached to an aromatic ring is 1. The van der Waals surface area contributed by atoms with E-state index in [9.17, 15) is 9.18 Å². The molecule has 2 rings (SSSR count). The number of carbonyl (C=O) groups is 1. The Bertz CT molecular complexity index is 629. The highest BCUT2D eigenvalue weighted by Gasteiger charge is 2.14. The van der Waals surface area contributed by atoms with Crippen LogP contribution in [0.1, 0.15) is 20.9 Å². The Balaban J connectivity index is 2.09. The van der Waals surface area contributed by atoms with E-state index < -0.39 is 5.82 Å². The van der Waals surface area contributed by atoms with Crippen LogP contribution in [0.25, 0.3) is 0 Å². The Hall–Kier alpha value is -1.66. The number of hydrogen-bond donors (Lipinski definition) is 2. The summed E-state index contributed by atoms with van der Waals surface area (Å²) in [5.74, 6) is -0.807. The maximum Gasteiger partial charge on any atom is 0.263 e. The molecule has 1 aromatic carbocycles. The van der Waals surface area contributed by atoms with Crippen molar-refractivity contribution < 1.29 is 9.18 Å². The summed E-state index contributed by atoms with van der Waals surface area (Å²) in [6.07, 6.45) is 0. The maximum atomic E-state index is 13.2. The highest BCUT2D eigenvalue weighted by atomic mass is 35.5. The fourth-order valence-corrected chi connectivity index (χ4v) is 2.51. The molecular formula is C12H11ClFN3OS. The average molecular weight is 300 g/mol. The molecule has 3 N–H and O–H groups in total. The number of hydrogen-bond acceptors (Lipinski definition) is 4. The SMILES string of the molecule is Cc1nc(N)sc1C(=O)NCc1cccc(F)c1Cl. The van der Waals surface area contributed by atoms with Gasteiger partial charge in [-0.25, -0.2) is 9.37 Å². The lowest BCUT2D eigenvalue weighted by atomic mass is 10.2. The number of aromatic nitrogens is 1. The first kappa shape index (κ1) is 13.8. The third-order valence-corrected chi connectivity index (χ3v) is 3.90. The Morgan fingerprint density at radius 3 is 2.95 bits per heavy atom. The number of aryl methyl sites for hydroxylation is 1. The van der Waals surface area contributed by atoms with Gasteiger partial charge in [0.05, 0.1) is 10.7 Å². The van der Waals surface area contributed by atoms with Crippen molar-refractivity contribution in [1.82, 2.24) is 10.3 Å². The molecule has 0 aliphatic heterocycles. The predicted octanol–water partition coefficient (Wildman–Crippen LogP) is 2.76. The standard InChI is InChI=1S/C12H11ClFN3OS/c1-6-10(19-12(15)17-6)11(18)16-5-7-3-2-4-8(14)9(7)13/h2-4H,5H2,1H3,(H2,15,17)(H,16,18). The molecule has 1 heterocycles. The van der Waals surface area contributed by atoms with E-state index >= 15 is 0 Å². The predicted molar refractivity (Wildman–Crippen MR) is 73.8 cm³/mol. The van der Waals surface area contributed by atoms with E-state index in [1.54, 1.807) is 19.1 Å². The molecular weight excluding hydrogens is 289 g/mol. The summed E-state index contributed by atoms with van der Waals surface area (Å²) in [6.45, 7) is 1.85. The van der Waals surface area contributed by atoms with Gasteiger partial charge in [-0.2, -0.15) is 0 Å². The summed E-state index contributed by atoms with van der Waals surface area (Å²) in [4.78, 5) is 16.3. The van der Waals surface area contributed by atoms with Gasteiger partial charge in [-0.05, 0) is 18.6 Å². The zero-order valence-corrected chi connectivity index (χ0v) is 11.6. The van der Waals surface area contributed by atoms with Crippen LogP contribution < -0.4 is 11.1 Å². The van der Waals surface area contributed by atoms with E-state index in [0.717, 1.165) is 11.3 Å². The number of rotatable bonds is 3. The van der Waals surface area contributed by atoms with Crippen LogP contribution in [0.4, 0.5) is 9.52 Å². The van der Waals surface area contributed by atoms with Crippen LogP contribution in [0, 0.1) is 12.7 Å². The largest absolute Gasteiger partial charge is 0.375 e. The fraction of sp³-hybridized carbons (Fsp3) is 0.167. The van der Waals surface area contributed by atoms with Gasteiger partial charge in [-0.3, -0.25) is 4.79 Å². The van der Waals surface area contributed by atoms with Crippen LogP contribution in [0.5, 0.6) is 0 Å². The molecule has 100 valence electrons. The van der Waals surface area contributed by atoms with Gasteiger partial charge in [0, 0.05) is 6.54 Å². The summed E-state index contributed by atoms with van der Waals surface area (Å²) in [5.41, 5.74) is 6.62. The monoisotopic (exact) mass is 299 g/mol. The zero-order valence-electron chi connectivity index (χ0n) is 10.0. The fourth-order valence-electron chi connectivity index (χ4n) is 1.57. The molecule has 0 unspecified atom stereocenters. The minimum absolute atomic E-state index is 0.0170. The molecule has 4 nitrogen and oxygen atoms in total. The Morgan fingerprint density at radius 2 is 2.32 bits per heavy atom. The number of carbonyl (C=O) groups excluding carboxylic acids is 1. The number of thiazole rings is 1. The van der Waals surface area contributed by atoms with Gasteiger partial charge >= 0.3 is 0 Å². The second kappa shape index (κ2) is 5.54. The number of nitrogens with zero attached hydrogens (tertiary/aromatic N) is 1. The van der Waals surface area contributed by atoms with E-state index in [1.807, 2.05) is 0 Å². The third-order valence-electron chi connectivity index (χ3n) is 2.49. The van der Waals surface area contributed by atoms with Crippen molar-refractivity contribution in [3.63, 3.8) is 0 Å². The van der Waals surface area contributed by atoms with Gasteiger partial charge in [-0.1, -0.05) is 35.1 Å². The van der Waals surface area contributed by atoms with Gasteiger partial charge in [0.15, 0.2) is 5.13 Å². The Kier molecular flexibility index (Phi) is 4.01. The first-order valence-electron chi connectivity index (χ1n) is 5.43. The van der Waals surface area contributed by atoms with Gasteiger partial charge in [0.2, 0.25) is 0 Å². The molecule has 0 atom stereocenters. The molecule has 1 aromatic heterocycles. The molecule has 0 spiro atoms. The number of benzene rings is 1. The zero-order chi connectivity index (χ0) is 14.0. The van der Waals surface area contributed by atoms with E-state index in [4.69, 9.17) is 17.3 Å². The van der Waals surface area contributed by atoms with Crippen molar-refractivity contribution in [2.45, 2.75) is 13.5 Å². The van der Waals surface area contributed by atoms with Gasteiger partial charge < -0.3 is 11.1 Å². The number of anilines is 1. The second-order valence-electron chi connectivity index (χ2n) is 3.86. The summed E-state index contributed by atoms with van der Waals surface area (Å²) in [6, 6.07) is 4.46. The third kappa shape index (κ3) is 3.02. The van der Waals surface area contributed by atoms with Crippen molar-refractivity contribution in [1.29, 1.82) is 0 Å². The maximum absolute atomic E-state index is 13.2. The van der Waals surface area contributed by atoms with Crippen LogP contribution in [0.15, 0.2) is 18.2 Å². The lowest BCUT2D eigenvalue weighted by molar-refractivity contribution is 0.0954. The minimum Gasteiger partial charge on any atom is -0.375 e. The van der Waals surface area contributed by atoms with E-state index in [-0.39, 0.29) is 17.5 Å². The molecule has 0 bridgehead atoms. The highest BCUT2D eigenvalue weighted by Crippen LogP contribution is 2.21. The van der Waals surface area contributed by atoms with Crippen LogP contribution in [-0.4, -0.2) is 10.9 Å². The molecule has 19 heavy (non-hydrogen) atoms. The lowest BCUT2D eigenvalue weighted by Gasteiger charge is -2.06. The van der Waals surface area contributed by atoms with E-state index in [0.29, 0.717) is 21.3 Å². The summed E-state index contributed by atoms with van der Waals surface area (Å²) >= 11 is 6.91. The molecule has 1 amide bonds. The number of halogens is 2. The summed E-state index contributed by atoms with van der Waals surface area (Å²) < 4.78 is 13.2. The van der Waals surface area contributed by atoms with E-state index in [2.05, 4.69) is 10.3 Å². The normalized spacial score (nSPS) is 10.5. The quantitative estimate of drug-likeness (QED) is 0.915. The van der Waals surface area contributed by atoms with Gasteiger partial charge in [0.1, 0.15) is 10.7 Å². The Morgan fingerprint density at radius 1 is 1.58 bits per heavy atom. The first-order valence-corrected chi connectivity index (χ1v) is 6.62. The number of nitrogens with one attached hydrogen (secondary N) is 1. The Labute approximate surface area is 118 Å². The first-order chi connectivity index (χ1) is 8.99. The van der Waals surface area contributed by atoms with Gasteiger partial charge in [0.25, 0.3) is 5.91 Å². The van der Waals surface area contributed by atoms with E-state index in [1.165, 1.54) is 6.07 Å². The van der Waals surface area contributed by atoms with Crippen LogP contribution >= 0.6 is 22.9 Å². The van der Waals surface area contributed by atoms with Gasteiger partial charge in [-0.15, -0.1) is 0 Å². The highest BCUT2D eigenvalue weighted by molar-refractivity contribution is 7.17. The number of amides is 1. The average Bonchev–Trinajstić information content (AvgIpc) is 2.70. The van der Waals surface area contributed by atoms with Crippen molar-refractivity contribution in [2.75, 3.05) is 5.73 Å². The lowest BCUT2D eigenvalue weighted by Crippen LogP contribution is -2.22. The molecule has 0 radical (unpaired) electrons. The molecule has 0 saturated carbocycles.